The molecule has 0 aromatic carbocycles. The predicted molar refractivity (Wildman–Crippen MR) is 75.1 cm³/mol. The fourth-order valence-electron chi connectivity index (χ4n) is 1.14. The molecule has 0 spiro atoms. The van der Waals surface area contributed by atoms with Crippen LogP contribution in [0, 0.1) is 0 Å². The summed E-state index contributed by atoms with van der Waals surface area (Å²) in [5.41, 5.74) is 1.10. The Balaban J connectivity index is 3.81. The normalized spacial score (nSPS) is 14.2. The molecule has 0 rings (SSSR count). The zero-order chi connectivity index (χ0) is 12.2. The number of nitrogens with zero attached hydrogens (tertiary/aromatic N) is 1. The number of hydrogen-bond donors (Lipinski definition) is 0. The van der Waals surface area contributed by atoms with Gasteiger partial charge in [-0.2, -0.15) is 0 Å². The number of hydrogen-bond acceptors (Lipinski definition) is 1. The number of allylic oxidation sites excluding steroid dienone is 6. The molecule has 0 aromatic rings. The molecule has 90 valence electrons. The summed E-state index contributed by atoms with van der Waals surface area (Å²) in [6.07, 6.45) is 14.1. The van der Waals surface area contributed by atoms with Gasteiger partial charge in [0.1, 0.15) is 0 Å². The highest BCUT2D eigenvalue weighted by Gasteiger charge is 1.85. The van der Waals surface area contributed by atoms with Crippen LogP contribution in [-0.2, 0) is 0 Å². The highest BCUT2D eigenvalue weighted by Crippen LogP contribution is 2.05. The van der Waals surface area contributed by atoms with Crippen LogP contribution in [0.2, 0.25) is 0 Å². The van der Waals surface area contributed by atoms with Crippen LogP contribution in [0.1, 0.15) is 46.5 Å². The average molecular weight is 240 g/mol. The van der Waals surface area contributed by atoms with E-state index in [0.29, 0.717) is 0 Å². The van der Waals surface area contributed by atoms with Crippen LogP contribution >= 0.6 is 11.6 Å². The topological polar surface area (TPSA) is 12.4 Å². The second-order valence-electron chi connectivity index (χ2n) is 3.61. The van der Waals surface area contributed by atoms with Crippen LogP contribution in [0.15, 0.2) is 40.0 Å². The van der Waals surface area contributed by atoms with Crippen molar-refractivity contribution in [1.29, 1.82) is 0 Å². The van der Waals surface area contributed by atoms with E-state index < -0.39 is 0 Å². The average Bonchev–Trinajstić information content (AvgIpc) is 2.26. The van der Waals surface area contributed by atoms with Gasteiger partial charge in [0.25, 0.3) is 0 Å². The van der Waals surface area contributed by atoms with Crippen LogP contribution < -0.4 is 0 Å². The van der Waals surface area contributed by atoms with Gasteiger partial charge in [-0.1, -0.05) is 43.2 Å². The van der Waals surface area contributed by atoms with Crippen molar-refractivity contribution in [2.75, 3.05) is 0 Å². The maximum Gasteiger partial charge on any atom is 0.0362 e. The Morgan fingerprint density at radius 2 is 1.94 bits per heavy atom. The maximum absolute atomic E-state index is 5.91. The largest absolute Gasteiger partial charge is 0.266 e. The molecule has 16 heavy (non-hydrogen) atoms. The van der Waals surface area contributed by atoms with Gasteiger partial charge < -0.3 is 0 Å². The molecule has 0 radical (unpaired) electrons. The second kappa shape index (κ2) is 10.7. The maximum atomic E-state index is 5.91. The van der Waals surface area contributed by atoms with Gasteiger partial charge in [-0.3, -0.25) is 4.99 Å². The monoisotopic (exact) mass is 239 g/mol. The van der Waals surface area contributed by atoms with Gasteiger partial charge in [0, 0.05) is 16.9 Å². The first-order valence-electron chi connectivity index (χ1n) is 5.88. The zero-order valence-electron chi connectivity index (χ0n) is 10.5. The first kappa shape index (κ1) is 15.2. The molecule has 2 heteroatoms. The third kappa shape index (κ3) is 9.72. The highest BCUT2D eigenvalue weighted by molar-refractivity contribution is 6.31. The molecule has 0 atom stereocenters. The van der Waals surface area contributed by atoms with E-state index in [9.17, 15) is 0 Å². The minimum Gasteiger partial charge on any atom is -0.266 e. The molecular formula is C14H22ClN. The van der Waals surface area contributed by atoms with Crippen molar-refractivity contribution in [3.05, 3.63) is 35.0 Å². The minimum absolute atomic E-state index is 0.800. The van der Waals surface area contributed by atoms with Crippen molar-refractivity contribution in [3.63, 3.8) is 0 Å². The van der Waals surface area contributed by atoms with E-state index >= 15 is 0 Å². The smallest absolute Gasteiger partial charge is 0.0362 e. The Hall–Kier alpha value is -0.820. The van der Waals surface area contributed by atoms with Crippen LogP contribution in [0.4, 0.5) is 0 Å². The number of halogens is 1. The highest BCUT2D eigenvalue weighted by atomic mass is 35.5. The minimum atomic E-state index is 0.800. The zero-order valence-corrected chi connectivity index (χ0v) is 11.3. The fraction of sp³-hybridized carbons (Fsp3) is 0.500. The lowest BCUT2D eigenvalue weighted by Crippen LogP contribution is -1.77. The quantitative estimate of drug-likeness (QED) is 0.327. The van der Waals surface area contributed by atoms with E-state index in [4.69, 9.17) is 11.6 Å². The summed E-state index contributed by atoms with van der Waals surface area (Å²) in [7, 11) is 0. The Morgan fingerprint density at radius 1 is 1.19 bits per heavy atom. The Bertz CT molecular complexity index is 285. The van der Waals surface area contributed by atoms with Crippen molar-refractivity contribution in [1.82, 2.24) is 0 Å². The van der Waals surface area contributed by atoms with E-state index in [1.165, 1.54) is 6.42 Å². The van der Waals surface area contributed by atoms with E-state index in [-0.39, 0.29) is 0 Å². The summed E-state index contributed by atoms with van der Waals surface area (Å²) in [5.74, 6) is 0. The summed E-state index contributed by atoms with van der Waals surface area (Å²) in [5, 5.41) is 0.800. The lowest BCUT2D eigenvalue weighted by Gasteiger charge is -1.92. The number of rotatable bonds is 7. The Morgan fingerprint density at radius 3 is 2.56 bits per heavy atom. The molecule has 1 nitrogen and oxygen atoms in total. The van der Waals surface area contributed by atoms with Gasteiger partial charge in [-0.15, -0.1) is 0 Å². The van der Waals surface area contributed by atoms with Crippen molar-refractivity contribution < 1.29 is 0 Å². The number of aliphatic imine (C=N–C) groups is 1. The Labute approximate surface area is 105 Å². The van der Waals surface area contributed by atoms with Gasteiger partial charge in [0.05, 0.1) is 0 Å². The van der Waals surface area contributed by atoms with Crippen LogP contribution in [0.25, 0.3) is 0 Å². The second-order valence-corrected chi connectivity index (χ2v) is 4.05. The number of unbranched alkanes of at least 4 members (excludes halogenated alkanes) is 2. The van der Waals surface area contributed by atoms with Gasteiger partial charge in [0.15, 0.2) is 0 Å². The van der Waals surface area contributed by atoms with E-state index in [1.54, 1.807) is 0 Å². The molecule has 0 bridgehead atoms. The molecule has 0 aliphatic rings. The van der Waals surface area contributed by atoms with Crippen molar-refractivity contribution in [2.45, 2.75) is 46.5 Å². The lowest BCUT2D eigenvalue weighted by molar-refractivity contribution is 0.945. The van der Waals surface area contributed by atoms with Crippen LogP contribution in [-0.4, -0.2) is 6.21 Å². The molecule has 0 saturated carbocycles. The lowest BCUT2D eigenvalue weighted by atomic mass is 10.3. The fourth-order valence-corrected chi connectivity index (χ4v) is 1.37. The molecular weight excluding hydrogens is 218 g/mol. The van der Waals surface area contributed by atoms with Crippen LogP contribution in [0.3, 0.4) is 0 Å². The molecule has 0 unspecified atom stereocenters. The Kier molecular flexibility index (Phi) is 10.1. The van der Waals surface area contributed by atoms with Crippen molar-refractivity contribution >= 4 is 17.8 Å². The molecule has 0 saturated heterocycles. The SMILES string of the molecule is C/C=C\C(Cl)=CCCC=N/C(C)=C\CCC. The molecule has 0 aliphatic carbocycles. The molecule has 0 fully saturated rings. The third-order valence-electron chi connectivity index (χ3n) is 1.98. The van der Waals surface area contributed by atoms with Crippen molar-refractivity contribution in [2.24, 2.45) is 4.99 Å². The van der Waals surface area contributed by atoms with E-state index in [1.807, 2.05) is 38.3 Å². The van der Waals surface area contributed by atoms with Gasteiger partial charge >= 0.3 is 0 Å². The summed E-state index contributed by atoms with van der Waals surface area (Å²) in [4.78, 5) is 4.35. The van der Waals surface area contributed by atoms with Gasteiger partial charge in [-0.25, -0.2) is 0 Å². The standard InChI is InChI=1S/C14H22ClN/c1-4-6-10-13(3)16-12-8-7-11-14(15)9-5-2/h5,9-12H,4,6-8H2,1-3H3/b9-5-,13-10-,14-11?,16-12?. The van der Waals surface area contributed by atoms with E-state index in [2.05, 4.69) is 18.0 Å². The molecule has 0 aromatic heterocycles. The summed E-state index contributed by atoms with van der Waals surface area (Å²) in [6.45, 7) is 6.16. The predicted octanol–water partition coefficient (Wildman–Crippen LogP) is 5.24. The molecule has 0 aliphatic heterocycles. The van der Waals surface area contributed by atoms with Gasteiger partial charge in [0.2, 0.25) is 0 Å². The molecule has 0 amide bonds. The third-order valence-corrected chi connectivity index (χ3v) is 2.26. The first-order valence-corrected chi connectivity index (χ1v) is 6.26. The summed E-state index contributed by atoms with van der Waals surface area (Å²) < 4.78 is 0. The summed E-state index contributed by atoms with van der Waals surface area (Å²) >= 11 is 5.91. The van der Waals surface area contributed by atoms with Crippen molar-refractivity contribution in [3.8, 4) is 0 Å². The van der Waals surface area contributed by atoms with Crippen LogP contribution in [0.5, 0.6) is 0 Å². The summed E-state index contributed by atoms with van der Waals surface area (Å²) in [6, 6.07) is 0. The molecule has 0 N–H and O–H groups in total. The van der Waals surface area contributed by atoms with E-state index in [0.717, 1.165) is 30.0 Å². The molecule has 0 heterocycles. The first-order chi connectivity index (χ1) is 7.70. The van der Waals surface area contributed by atoms with Gasteiger partial charge in [-0.05, 0) is 39.2 Å².